The summed E-state index contributed by atoms with van der Waals surface area (Å²) in [6.07, 6.45) is 14.3. The monoisotopic (exact) mass is 274 g/mol. The van der Waals surface area contributed by atoms with Gasteiger partial charge in [-0.25, -0.2) is 0 Å². The molecule has 0 spiro atoms. The Morgan fingerprint density at radius 3 is 2.70 bits per heavy atom. The number of allylic oxidation sites excluding steroid dienone is 1. The molecule has 0 heterocycles. The van der Waals surface area contributed by atoms with Gasteiger partial charge in [-0.15, -0.1) is 0 Å². The molecule has 3 saturated carbocycles. The zero-order chi connectivity index (χ0) is 14.0. The van der Waals surface area contributed by atoms with E-state index in [1.54, 1.807) is 5.57 Å². The fraction of sp³-hybridized carbons (Fsp3) is 0.895. The molecule has 0 aromatic carbocycles. The van der Waals surface area contributed by atoms with Gasteiger partial charge in [0.05, 0.1) is 6.10 Å². The maximum absolute atomic E-state index is 9.97. The van der Waals surface area contributed by atoms with Crippen molar-refractivity contribution in [2.45, 2.75) is 77.7 Å². The molecule has 0 aliphatic heterocycles. The first-order valence-electron chi connectivity index (χ1n) is 8.92. The first-order valence-corrected chi connectivity index (χ1v) is 8.92. The number of fused-ring (bicyclic) bond motifs is 5. The quantitative estimate of drug-likeness (QED) is 0.635. The molecule has 1 N–H and O–H groups in total. The van der Waals surface area contributed by atoms with Crippen LogP contribution in [0.25, 0.3) is 0 Å². The van der Waals surface area contributed by atoms with Crippen LogP contribution in [0.15, 0.2) is 11.6 Å². The Morgan fingerprint density at radius 2 is 1.85 bits per heavy atom. The molecule has 0 saturated heterocycles. The van der Waals surface area contributed by atoms with Crippen molar-refractivity contribution in [2.24, 2.45) is 28.6 Å². The van der Waals surface area contributed by atoms with Crippen molar-refractivity contribution >= 4 is 0 Å². The van der Waals surface area contributed by atoms with Crippen molar-refractivity contribution < 1.29 is 5.11 Å². The smallest absolute Gasteiger partial charge is 0.0724 e. The Bertz CT molecular complexity index is 439. The average Bonchev–Trinajstić information content (AvgIpc) is 2.81. The Labute approximate surface area is 123 Å². The number of hydrogen-bond donors (Lipinski definition) is 1. The van der Waals surface area contributed by atoms with Crippen molar-refractivity contribution in [3.63, 3.8) is 0 Å². The van der Waals surface area contributed by atoms with Gasteiger partial charge in [-0.2, -0.15) is 0 Å². The van der Waals surface area contributed by atoms with Gasteiger partial charge in [0.1, 0.15) is 0 Å². The van der Waals surface area contributed by atoms with Crippen LogP contribution in [0.1, 0.15) is 71.6 Å². The molecular weight excluding hydrogens is 244 g/mol. The van der Waals surface area contributed by atoms with Crippen molar-refractivity contribution in [1.29, 1.82) is 0 Å². The number of rotatable bonds is 0. The Balaban J connectivity index is 1.68. The lowest BCUT2D eigenvalue weighted by Gasteiger charge is -2.57. The highest BCUT2D eigenvalue weighted by Crippen LogP contribution is 2.65. The van der Waals surface area contributed by atoms with E-state index in [0.717, 1.165) is 24.2 Å². The van der Waals surface area contributed by atoms with Gasteiger partial charge in [-0.3, -0.25) is 0 Å². The van der Waals surface area contributed by atoms with Gasteiger partial charge in [-0.1, -0.05) is 31.9 Å². The summed E-state index contributed by atoms with van der Waals surface area (Å²) in [7, 11) is 0. The van der Waals surface area contributed by atoms with Crippen LogP contribution in [0.5, 0.6) is 0 Å². The van der Waals surface area contributed by atoms with E-state index in [2.05, 4.69) is 19.9 Å². The van der Waals surface area contributed by atoms with Gasteiger partial charge in [-0.05, 0) is 80.0 Å². The van der Waals surface area contributed by atoms with Crippen molar-refractivity contribution in [3.8, 4) is 0 Å². The molecule has 3 fully saturated rings. The fourth-order valence-electron chi connectivity index (χ4n) is 6.70. The first-order chi connectivity index (χ1) is 9.53. The lowest BCUT2D eigenvalue weighted by atomic mass is 9.47. The summed E-state index contributed by atoms with van der Waals surface area (Å²) < 4.78 is 0. The van der Waals surface area contributed by atoms with Crippen molar-refractivity contribution in [3.05, 3.63) is 11.6 Å². The predicted octanol–water partition coefficient (Wildman–Crippen LogP) is 4.70. The van der Waals surface area contributed by atoms with Crippen LogP contribution < -0.4 is 0 Å². The zero-order valence-corrected chi connectivity index (χ0v) is 13.2. The normalized spacial score (nSPS) is 54.6. The molecule has 4 aliphatic rings. The van der Waals surface area contributed by atoms with Crippen LogP contribution in [0.3, 0.4) is 0 Å². The van der Waals surface area contributed by atoms with E-state index in [-0.39, 0.29) is 6.10 Å². The van der Waals surface area contributed by atoms with E-state index in [0.29, 0.717) is 10.8 Å². The molecule has 0 bridgehead atoms. The molecule has 1 nitrogen and oxygen atoms in total. The van der Waals surface area contributed by atoms with E-state index < -0.39 is 0 Å². The first kappa shape index (κ1) is 13.4. The molecule has 0 aromatic rings. The minimum absolute atomic E-state index is 0.157. The molecule has 1 heteroatoms. The molecule has 4 aliphatic carbocycles. The van der Waals surface area contributed by atoms with Gasteiger partial charge < -0.3 is 5.11 Å². The molecule has 112 valence electrons. The highest BCUT2D eigenvalue weighted by Gasteiger charge is 2.55. The number of aliphatic hydroxyl groups is 1. The van der Waals surface area contributed by atoms with Crippen LogP contribution >= 0.6 is 0 Å². The van der Waals surface area contributed by atoms with Crippen LogP contribution in [-0.2, 0) is 0 Å². The van der Waals surface area contributed by atoms with E-state index >= 15 is 0 Å². The minimum atomic E-state index is -0.157. The van der Waals surface area contributed by atoms with Crippen molar-refractivity contribution in [1.82, 2.24) is 0 Å². The third-order valence-electron chi connectivity index (χ3n) is 7.87. The Hall–Kier alpha value is -0.300. The summed E-state index contributed by atoms with van der Waals surface area (Å²) >= 11 is 0. The zero-order valence-electron chi connectivity index (χ0n) is 13.2. The van der Waals surface area contributed by atoms with Crippen molar-refractivity contribution in [2.75, 3.05) is 0 Å². The standard InChI is InChI=1S/C19H30O/c1-18-9-3-4-16(18)15-6-5-13-12-14(20)7-11-19(13,2)17(15)8-10-18/h12,14-17,20H,3-11H2,1-2H3. The van der Waals surface area contributed by atoms with Crippen LogP contribution in [0.2, 0.25) is 0 Å². The fourth-order valence-corrected chi connectivity index (χ4v) is 6.70. The van der Waals surface area contributed by atoms with E-state index in [1.165, 1.54) is 51.4 Å². The molecular formula is C19H30O. The number of aliphatic hydroxyl groups excluding tert-OH is 1. The maximum atomic E-state index is 9.97. The lowest BCUT2D eigenvalue weighted by molar-refractivity contribution is -0.0411. The van der Waals surface area contributed by atoms with Gasteiger partial charge in [0.2, 0.25) is 0 Å². The van der Waals surface area contributed by atoms with Gasteiger partial charge in [0.25, 0.3) is 0 Å². The largest absolute Gasteiger partial charge is 0.389 e. The summed E-state index contributed by atoms with van der Waals surface area (Å²) in [5.41, 5.74) is 2.71. The molecule has 6 atom stereocenters. The van der Waals surface area contributed by atoms with E-state index in [1.807, 2.05) is 0 Å². The van der Waals surface area contributed by atoms with Crippen LogP contribution in [-0.4, -0.2) is 11.2 Å². The second-order valence-electron chi connectivity index (χ2n) is 8.72. The summed E-state index contributed by atoms with van der Waals surface area (Å²) in [5, 5.41) is 9.97. The van der Waals surface area contributed by atoms with Gasteiger partial charge >= 0.3 is 0 Å². The highest BCUT2D eigenvalue weighted by atomic mass is 16.3. The lowest BCUT2D eigenvalue weighted by Crippen LogP contribution is -2.49. The maximum Gasteiger partial charge on any atom is 0.0724 e. The molecule has 0 aromatic heterocycles. The molecule has 20 heavy (non-hydrogen) atoms. The number of hydrogen-bond acceptors (Lipinski definition) is 1. The molecule has 0 amide bonds. The summed E-state index contributed by atoms with van der Waals surface area (Å²) in [6.45, 7) is 5.11. The molecule has 4 rings (SSSR count). The second kappa shape index (κ2) is 4.35. The third-order valence-corrected chi connectivity index (χ3v) is 7.87. The topological polar surface area (TPSA) is 20.2 Å². The Morgan fingerprint density at radius 1 is 1.00 bits per heavy atom. The second-order valence-corrected chi connectivity index (χ2v) is 8.72. The molecule has 0 radical (unpaired) electrons. The van der Waals surface area contributed by atoms with Gasteiger partial charge in [0, 0.05) is 0 Å². The van der Waals surface area contributed by atoms with Crippen LogP contribution in [0, 0.1) is 28.6 Å². The molecule has 6 unspecified atom stereocenters. The predicted molar refractivity (Wildman–Crippen MR) is 82.3 cm³/mol. The average molecular weight is 274 g/mol. The minimum Gasteiger partial charge on any atom is -0.389 e. The Kier molecular flexibility index (Phi) is 2.91. The highest BCUT2D eigenvalue weighted by molar-refractivity contribution is 5.25. The van der Waals surface area contributed by atoms with Gasteiger partial charge in [0.15, 0.2) is 0 Å². The SMILES string of the molecule is CC12CCCC1C1CCC3=CC(O)CCC3(C)C1CC2. The van der Waals surface area contributed by atoms with E-state index in [4.69, 9.17) is 0 Å². The summed E-state index contributed by atoms with van der Waals surface area (Å²) in [5.74, 6) is 2.89. The summed E-state index contributed by atoms with van der Waals surface area (Å²) in [6, 6.07) is 0. The van der Waals surface area contributed by atoms with Crippen LogP contribution in [0.4, 0.5) is 0 Å². The van der Waals surface area contributed by atoms with E-state index in [9.17, 15) is 5.11 Å². The third kappa shape index (κ3) is 1.71. The summed E-state index contributed by atoms with van der Waals surface area (Å²) in [4.78, 5) is 0.